The number of anilines is 1. The van der Waals surface area contributed by atoms with Gasteiger partial charge in [-0.25, -0.2) is 9.07 Å². The van der Waals surface area contributed by atoms with Crippen molar-refractivity contribution in [3.05, 3.63) is 48.3 Å². The third-order valence-corrected chi connectivity index (χ3v) is 2.80. The van der Waals surface area contributed by atoms with E-state index in [2.05, 4.69) is 25.9 Å². The molecule has 20 heavy (non-hydrogen) atoms. The van der Waals surface area contributed by atoms with Gasteiger partial charge in [-0.15, -0.1) is 5.10 Å². The summed E-state index contributed by atoms with van der Waals surface area (Å²) in [7, 11) is 1.84. The maximum atomic E-state index is 13.8. The first-order valence-corrected chi connectivity index (χ1v) is 5.97. The van der Waals surface area contributed by atoms with E-state index in [-0.39, 0.29) is 5.82 Å². The summed E-state index contributed by atoms with van der Waals surface area (Å²) >= 11 is 0. The highest BCUT2D eigenvalue weighted by Gasteiger charge is 2.06. The Morgan fingerprint density at radius 3 is 2.95 bits per heavy atom. The number of rotatable bonds is 4. The molecule has 1 N–H and O–H groups in total. The first-order valence-electron chi connectivity index (χ1n) is 5.97. The predicted octanol–water partition coefficient (Wildman–Crippen LogP) is 1.15. The minimum atomic E-state index is -0.328. The van der Waals surface area contributed by atoms with Crippen LogP contribution in [0.15, 0.2) is 36.9 Å². The van der Waals surface area contributed by atoms with Crippen LogP contribution in [0, 0.1) is 5.82 Å². The quantitative estimate of drug-likeness (QED) is 0.772. The van der Waals surface area contributed by atoms with Crippen LogP contribution in [0.2, 0.25) is 0 Å². The van der Waals surface area contributed by atoms with E-state index in [9.17, 15) is 4.39 Å². The van der Waals surface area contributed by atoms with Crippen molar-refractivity contribution in [2.45, 2.75) is 6.54 Å². The number of nitrogens with zero attached hydrogens (tertiary/aromatic N) is 6. The molecule has 0 unspecified atom stereocenters. The maximum Gasteiger partial charge on any atom is 0.146 e. The van der Waals surface area contributed by atoms with Gasteiger partial charge in [-0.3, -0.25) is 4.68 Å². The molecule has 0 bridgehead atoms. The second-order valence-electron chi connectivity index (χ2n) is 4.29. The van der Waals surface area contributed by atoms with Gasteiger partial charge in [-0.2, -0.15) is 5.10 Å². The average molecular weight is 273 g/mol. The molecule has 0 atom stereocenters. The third kappa shape index (κ3) is 2.48. The Morgan fingerprint density at radius 1 is 1.35 bits per heavy atom. The smallest absolute Gasteiger partial charge is 0.146 e. The fourth-order valence-corrected chi connectivity index (χ4v) is 1.83. The molecule has 0 amide bonds. The van der Waals surface area contributed by atoms with Crippen molar-refractivity contribution in [1.29, 1.82) is 0 Å². The Hall–Kier alpha value is -2.77. The van der Waals surface area contributed by atoms with Crippen LogP contribution in [0.1, 0.15) is 5.56 Å². The molecule has 0 radical (unpaired) electrons. The van der Waals surface area contributed by atoms with Crippen molar-refractivity contribution in [3.63, 3.8) is 0 Å². The summed E-state index contributed by atoms with van der Waals surface area (Å²) in [4.78, 5) is 0. The molecule has 0 spiro atoms. The second-order valence-corrected chi connectivity index (χ2v) is 4.29. The monoisotopic (exact) mass is 273 g/mol. The number of aromatic nitrogens is 6. The van der Waals surface area contributed by atoms with Gasteiger partial charge in [0, 0.05) is 25.4 Å². The van der Waals surface area contributed by atoms with Gasteiger partial charge in [0.15, 0.2) is 0 Å². The molecule has 0 saturated carbocycles. The van der Waals surface area contributed by atoms with Crippen molar-refractivity contribution < 1.29 is 4.39 Å². The molecular formula is C12H12FN7. The topological polar surface area (TPSA) is 73.5 Å². The van der Waals surface area contributed by atoms with Gasteiger partial charge in [-0.05, 0) is 28.6 Å². The summed E-state index contributed by atoms with van der Waals surface area (Å²) in [6.07, 6.45) is 5.06. The minimum Gasteiger partial charge on any atom is -0.378 e. The molecule has 8 heteroatoms. The number of hydrogen-bond acceptors (Lipinski definition) is 5. The first kappa shape index (κ1) is 12.3. The molecule has 2 aromatic heterocycles. The number of tetrazole rings is 1. The van der Waals surface area contributed by atoms with Gasteiger partial charge in [0.25, 0.3) is 0 Å². The highest BCUT2D eigenvalue weighted by atomic mass is 19.1. The van der Waals surface area contributed by atoms with Crippen LogP contribution >= 0.6 is 0 Å². The predicted molar refractivity (Wildman–Crippen MR) is 69.6 cm³/mol. The van der Waals surface area contributed by atoms with E-state index in [1.54, 1.807) is 23.0 Å². The van der Waals surface area contributed by atoms with Crippen LogP contribution in [-0.4, -0.2) is 30.0 Å². The lowest BCUT2D eigenvalue weighted by molar-refractivity contribution is 0.629. The lowest BCUT2D eigenvalue weighted by Crippen LogP contribution is -2.03. The Kier molecular flexibility index (Phi) is 3.12. The zero-order valence-corrected chi connectivity index (χ0v) is 10.7. The van der Waals surface area contributed by atoms with Crippen LogP contribution < -0.4 is 5.32 Å². The summed E-state index contributed by atoms with van der Waals surface area (Å²) in [5.41, 5.74) is 2.05. The molecule has 0 aliphatic carbocycles. The molecule has 7 nitrogen and oxygen atoms in total. The Morgan fingerprint density at radius 2 is 2.25 bits per heavy atom. The molecular weight excluding hydrogens is 261 g/mol. The summed E-state index contributed by atoms with van der Waals surface area (Å²) in [6.45, 7) is 0.490. The van der Waals surface area contributed by atoms with Crippen LogP contribution in [0.3, 0.4) is 0 Å². The number of nitrogens with one attached hydrogen (secondary N) is 1. The van der Waals surface area contributed by atoms with Crippen molar-refractivity contribution in [2.24, 2.45) is 7.05 Å². The molecule has 0 aliphatic heterocycles. The van der Waals surface area contributed by atoms with Gasteiger partial charge >= 0.3 is 0 Å². The van der Waals surface area contributed by atoms with E-state index in [4.69, 9.17) is 0 Å². The number of hydrogen-bond donors (Lipinski definition) is 1. The van der Waals surface area contributed by atoms with Crippen LogP contribution in [0.25, 0.3) is 5.69 Å². The summed E-state index contributed by atoms with van der Waals surface area (Å²) in [5.74, 6) is -0.328. The molecule has 1 aromatic carbocycles. The molecule has 0 aliphatic rings. The lowest BCUT2D eigenvalue weighted by atomic mass is 10.2. The molecule has 0 fully saturated rings. The molecule has 3 rings (SSSR count). The van der Waals surface area contributed by atoms with Crippen molar-refractivity contribution in [3.8, 4) is 5.69 Å². The number of halogens is 1. The van der Waals surface area contributed by atoms with E-state index in [0.717, 1.165) is 5.56 Å². The SMILES string of the molecule is Cn1cc(CNc2cc(-n3cnnn3)ccc2F)cn1. The Balaban J connectivity index is 1.80. The number of benzene rings is 1. The van der Waals surface area contributed by atoms with E-state index in [1.807, 2.05) is 13.2 Å². The zero-order valence-electron chi connectivity index (χ0n) is 10.7. The maximum absolute atomic E-state index is 13.8. The van der Waals surface area contributed by atoms with Crippen LogP contribution in [0.5, 0.6) is 0 Å². The third-order valence-electron chi connectivity index (χ3n) is 2.80. The Labute approximate surface area is 114 Å². The van der Waals surface area contributed by atoms with Crippen LogP contribution in [0.4, 0.5) is 10.1 Å². The highest BCUT2D eigenvalue weighted by Crippen LogP contribution is 2.19. The first-order chi connectivity index (χ1) is 9.72. The van der Waals surface area contributed by atoms with Crippen molar-refractivity contribution in [2.75, 3.05) is 5.32 Å². The van der Waals surface area contributed by atoms with Gasteiger partial charge in [0.05, 0.1) is 17.6 Å². The normalized spacial score (nSPS) is 10.7. The molecule has 2 heterocycles. The standard InChI is InChI=1S/C12H12FN7/c1-19-7-9(6-16-19)5-14-12-4-10(2-3-11(12)13)20-8-15-17-18-20/h2-4,6-8,14H,5H2,1H3. The van der Waals surface area contributed by atoms with E-state index in [1.165, 1.54) is 17.1 Å². The molecule has 3 aromatic rings. The lowest BCUT2D eigenvalue weighted by Gasteiger charge is -2.08. The summed E-state index contributed by atoms with van der Waals surface area (Å²) in [6, 6.07) is 4.64. The largest absolute Gasteiger partial charge is 0.378 e. The van der Waals surface area contributed by atoms with Crippen molar-refractivity contribution in [1.82, 2.24) is 30.0 Å². The summed E-state index contributed by atoms with van der Waals surface area (Å²) < 4.78 is 16.9. The Bertz CT molecular complexity index is 704. The van der Waals surface area contributed by atoms with E-state index in [0.29, 0.717) is 17.9 Å². The van der Waals surface area contributed by atoms with E-state index < -0.39 is 0 Å². The van der Waals surface area contributed by atoms with Gasteiger partial charge < -0.3 is 5.32 Å². The van der Waals surface area contributed by atoms with Crippen molar-refractivity contribution >= 4 is 5.69 Å². The van der Waals surface area contributed by atoms with E-state index >= 15 is 0 Å². The fraction of sp³-hybridized carbons (Fsp3) is 0.167. The average Bonchev–Trinajstić information content (AvgIpc) is 3.09. The molecule has 102 valence electrons. The minimum absolute atomic E-state index is 0.328. The fourth-order valence-electron chi connectivity index (χ4n) is 1.83. The second kappa shape index (κ2) is 5.08. The zero-order chi connectivity index (χ0) is 13.9. The van der Waals surface area contributed by atoms with Gasteiger partial charge in [0.2, 0.25) is 0 Å². The van der Waals surface area contributed by atoms with Gasteiger partial charge in [-0.1, -0.05) is 0 Å². The summed E-state index contributed by atoms with van der Waals surface area (Å²) in [5, 5.41) is 18.0. The number of aryl methyl sites for hydroxylation is 1. The molecule has 0 saturated heterocycles. The highest BCUT2D eigenvalue weighted by molar-refractivity contribution is 5.52. The van der Waals surface area contributed by atoms with Gasteiger partial charge in [0.1, 0.15) is 12.1 Å². The van der Waals surface area contributed by atoms with Crippen LogP contribution in [-0.2, 0) is 13.6 Å².